The lowest BCUT2D eigenvalue weighted by atomic mass is 9.85. The molecule has 1 fully saturated rings. The smallest absolute Gasteiger partial charge is 0.317 e. The quantitative estimate of drug-likeness (QED) is 0.738. The number of nitrogens with zero attached hydrogens (tertiary/aromatic N) is 1. The zero-order valence-corrected chi connectivity index (χ0v) is 12.9. The monoisotopic (exact) mass is 306 g/mol. The van der Waals surface area contributed by atoms with E-state index in [4.69, 9.17) is 5.11 Å². The van der Waals surface area contributed by atoms with E-state index in [1.54, 1.807) is 19.1 Å². The molecule has 1 aliphatic rings. The van der Waals surface area contributed by atoms with Crippen molar-refractivity contribution in [3.05, 3.63) is 29.3 Å². The number of nitrogens with one attached hydrogen (secondary N) is 1. The highest BCUT2D eigenvalue weighted by molar-refractivity contribution is 5.95. The Morgan fingerprint density at radius 2 is 2.05 bits per heavy atom. The largest absolute Gasteiger partial charge is 0.508 e. The number of phenols is 1. The van der Waals surface area contributed by atoms with E-state index in [0.29, 0.717) is 12.1 Å². The summed E-state index contributed by atoms with van der Waals surface area (Å²) in [5.74, 6) is -0.928. The Kier molecular flexibility index (Phi) is 5.03. The number of phenolic OH excluding ortho intramolecular Hbond substituents is 1. The Bertz CT molecular complexity index is 567. The molecule has 0 saturated heterocycles. The van der Waals surface area contributed by atoms with E-state index in [1.165, 1.54) is 6.07 Å². The zero-order valence-electron chi connectivity index (χ0n) is 12.9. The summed E-state index contributed by atoms with van der Waals surface area (Å²) in [7, 11) is 0. The molecule has 0 unspecified atom stereocenters. The minimum Gasteiger partial charge on any atom is -0.508 e. The second-order valence-electron chi connectivity index (χ2n) is 5.75. The molecule has 0 bridgehead atoms. The number of carbonyl (C=O) groups excluding carboxylic acids is 1. The summed E-state index contributed by atoms with van der Waals surface area (Å²) in [6.07, 6.45) is 1.51. The summed E-state index contributed by atoms with van der Waals surface area (Å²) in [6, 6.07) is 5.12. The van der Waals surface area contributed by atoms with Gasteiger partial charge in [0.2, 0.25) is 0 Å². The van der Waals surface area contributed by atoms with Crippen molar-refractivity contribution in [1.82, 2.24) is 10.2 Å². The fraction of sp³-hybridized carbons (Fsp3) is 0.500. The van der Waals surface area contributed by atoms with Crippen LogP contribution in [0.25, 0.3) is 0 Å². The van der Waals surface area contributed by atoms with E-state index in [9.17, 15) is 14.7 Å². The highest BCUT2D eigenvalue weighted by atomic mass is 16.4. The van der Waals surface area contributed by atoms with Crippen molar-refractivity contribution < 1.29 is 19.8 Å². The number of carboxylic acid groups (broad SMARTS) is 1. The number of carboxylic acids is 1. The average Bonchev–Trinajstić information content (AvgIpc) is 2.42. The molecule has 0 heterocycles. The Morgan fingerprint density at radius 3 is 2.59 bits per heavy atom. The van der Waals surface area contributed by atoms with Crippen molar-refractivity contribution in [1.29, 1.82) is 0 Å². The van der Waals surface area contributed by atoms with Gasteiger partial charge in [0.25, 0.3) is 5.91 Å². The number of hydrogen-bond acceptors (Lipinski definition) is 4. The summed E-state index contributed by atoms with van der Waals surface area (Å²) in [5.41, 5.74) is 1.16. The molecular weight excluding hydrogens is 284 g/mol. The van der Waals surface area contributed by atoms with E-state index >= 15 is 0 Å². The molecule has 1 saturated carbocycles. The maximum Gasteiger partial charge on any atom is 0.317 e. The number of hydrogen-bond donors (Lipinski definition) is 3. The van der Waals surface area contributed by atoms with Crippen LogP contribution in [0.4, 0.5) is 0 Å². The van der Waals surface area contributed by atoms with Crippen LogP contribution in [-0.4, -0.2) is 52.2 Å². The first kappa shape index (κ1) is 16.3. The van der Waals surface area contributed by atoms with Crippen molar-refractivity contribution in [2.24, 2.45) is 0 Å². The van der Waals surface area contributed by atoms with Crippen molar-refractivity contribution in [3.63, 3.8) is 0 Å². The zero-order chi connectivity index (χ0) is 16.3. The number of benzene rings is 1. The highest BCUT2D eigenvalue weighted by Crippen LogP contribution is 2.26. The summed E-state index contributed by atoms with van der Waals surface area (Å²) in [5, 5.41) is 21.4. The Labute approximate surface area is 129 Å². The van der Waals surface area contributed by atoms with Gasteiger partial charge in [-0.2, -0.15) is 0 Å². The molecule has 22 heavy (non-hydrogen) atoms. The van der Waals surface area contributed by atoms with Gasteiger partial charge in [-0.3, -0.25) is 14.5 Å². The fourth-order valence-corrected chi connectivity index (χ4v) is 2.70. The van der Waals surface area contributed by atoms with Gasteiger partial charge < -0.3 is 15.5 Å². The van der Waals surface area contributed by atoms with Crippen LogP contribution in [0.2, 0.25) is 0 Å². The lowest BCUT2D eigenvalue weighted by Gasteiger charge is -2.42. The molecule has 2 rings (SSSR count). The van der Waals surface area contributed by atoms with Gasteiger partial charge in [-0.15, -0.1) is 0 Å². The maximum atomic E-state index is 12.1. The molecule has 6 nitrogen and oxygen atoms in total. The van der Waals surface area contributed by atoms with Crippen molar-refractivity contribution in [3.8, 4) is 5.75 Å². The molecule has 0 spiro atoms. The first-order chi connectivity index (χ1) is 10.4. The van der Waals surface area contributed by atoms with E-state index in [1.807, 2.05) is 11.8 Å². The fourth-order valence-electron chi connectivity index (χ4n) is 2.70. The third-order valence-electron chi connectivity index (χ3n) is 4.18. The van der Waals surface area contributed by atoms with Crippen LogP contribution in [-0.2, 0) is 4.79 Å². The first-order valence-electron chi connectivity index (χ1n) is 7.47. The van der Waals surface area contributed by atoms with Crippen LogP contribution >= 0.6 is 0 Å². The van der Waals surface area contributed by atoms with Gasteiger partial charge in [0.15, 0.2) is 0 Å². The van der Waals surface area contributed by atoms with Gasteiger partial charge in [-0.1, -0.05) is 13.0 Å². The molecule has 1 aromatic rings. The maximum absolute atomic E-state index is 12.1. The van der Waals surface area contributed by atoms with Gasteiger partial charge in [0, 0.05) is 17.6 Å². The van der Waals surface area contributed by atoms with Crippen molar-refractivity contribution in [2.75, 3.05) is 13.1 Å². The molecular formula is C16H22N2O4. The van der Waals surface area contributed by atoms with E-state index in [-0.39, 0.29) is 30.3 Å². The molecule has 0 aliphatic heterocycles. The molecule has 3 N–H and O–H groups in total. The van der Waals surface area contributed by atoms with Gasteiger partial charge in [0.1, 0.15) is 5.75 Å². The van der Waals surface area contributed by atoms with Crippen LogP contribution in [0, 0.1) is 6.92 Å². The second kappa shape index (κ2) is 6.79. The number of carbonyl (C=O) groups is 2. The number of aryl methyl sites for hydroxylation is 1. The second-order valence-corrected chi connectivity index (χ2v) is 5.75. The van der Waals surface area contributed by atoms with Crippen LogP contribution in [0.5, 0.6) is 5.75 Å². The topological polar surface area (TPSA) is 89.9 Å². The lowest BCUT2D eigenvalue weighted by Crippen LogP contribution is -2.54. The Morgan fingerprint density at radius 1 is 1.36 bits per heavy atom. The van der Waals surface area contributed by atoms with Crippen LogP contribution in [0.3, 0.4) is 0 Å². The molecule has 1 amide bonds. The minimum absolute atomic E-state index is 0.0354. The van der Waals surface area contributed by atoms with Gasteiger partial charge in [0.05, 0.1) is 6.54 Å². The van der Waals surface area contributed by atoms with E-state index < -0.39 is 5.97 Å². The van der Waals surface area contributed by atoms with Crippen LogP contribution < -0.4 is 5.32 Å². The van der Waals surface area contributed by atoms with Gasteiger partial charge >= 0.3 is 5.97 Å². The number of aromatic hydroxyl groups is 1. The predicted molar refractivity (Wildman–Crippen MR) is 82.0 cm³/mol. The Hall–Kier alpha value is -2.08. The molecule has 1 aromatic carbocycles. The molecule has 0 atom stereocenters. The molecule has 1 aliphatic carbocycles. The van der Waals surface area contributed by atoms with Gasteiger partial charge in [-0.05, 0) is 44.0 Å². The average molecular weight is 306 g/mol. The van der Waals surface area contributed by atoms with Crippen molar-refractivity contribution >= 4 is 11.9 Å². The van der Waals surface area contributed by atoms with Gasteiger partial charge in [-0.25, -0.2) is 0 Å². The summed E-state index contributed by atoms with van der Waals surface area (Å²) < 4.78 is 0. The van der Waals surface area contributed by atoms with E-state index in [0.717, 1.165) is 18.4 Å². The van der Waals surface area contributed by atoms with Crippen LogP contribution in [0.1, 0.15) is 35.7 Å². The van der Waals surface area contributed by atoms with Crippen molar-refractivity contribution in [2.45, 2.75) is 38.8 Å². The first-order valence-corrected chi connectivity index (χ1v) is 7.47. The third-order valence-corrected chi connectivity index (χ3v) is 4.18. The summed E-state index contributed by atoms with van der Waals surface area (Å²) in [4.78, 5) is 24.8. The number of amides is 1. The highest BCUT2D eigenvalue weighted by Gasteiger charge is 2.34. The van der Waals surface area contributed by atoms with E-state index in [2.05, 4.69) is 5.32 Å². The lowest BCUT2D eigenvalue weighted by molar-refractivity contribution is -0.139. The summed E-state index contributed by atoms with van der Waals surface area (Å²) in [6.45, 7) is 4.43. The third kappa shape index (κ3) is 3.76. The van der Waals surface area contributed by atoms with Crippen LogP contribution in [0.15, 0.2) is 18.2 Å². The molecule has 0 aromatic heterocycles. The summed E-state index contributed by atoms with van der Waals surface area (Å²) >= 11 is 0. The molecule has 6 heteroatoms. The number of aliphatic carboxylic acids is 1. The molecule has 0 radical (unpaired) electrons. The molecule has 120 valence electrons. The normalized spacial score (nSPS) is 20.5. The Balaban J connectivity index is 1.85. The number of rotatable bonds is 6. The minimum atomic E-state index is -0.829. The standard InChI is InChI=1S/C16H22N2O4/c1-3-18(9-15(20)21)13-7-12(8-13)17-16(22)11-5-4-10(2)14(19)6-11/h4-6,12-13,19H,3,7-9H2,1-2H3,(H,17,22)(H,20,21). The predicted octanol–water partition coefficient (Wildman–Crippen LogP) is 1.37. The number of likely N-dealkylation sites (N-methyl/N-ethyl adjacent to an activating group) is 1. The SMILES string of the molecule is CCN(CC(=O)O)C1CC(NC(=O)c2ccc(C)c(O)c2)C1.